The van der Waals surface area contributed by atoms with E-state index < -0.39 is 0 Å². The third-order valence-corrected chi connectivity index (χ3v) is 6.75. The van der Waals surface area contributed by atoms with Gasteiger partial charge in [0.1, 0.15) is 5.00 Å². The molecule has 0 fully saturated rings. The Labute approximate surface area is 178 Å². The zero-order valence-electron chi connectivity index (χ0n) is 16.7. The van der Waals surface area contributed by atoms with E-state index in [2.05, 4.69) is 10.6 Å². The number of imide groups is 1. The van der Waals surface area contributed by atoms with Gasteiger partial charge in [0.25, 0.3) is 17.7 Å². The number of thiophene rings is 1. The molecule has 0 atom stereocenters. The lowest BCUT2D eigenvalue weighted by atomic mass is 9.95. The first-order valence-corrected chi connectivity index (χ1v) is 10.9. The monoisotopic (exact) mass is 425 g/mol. The number of anilines is 1. The molecule has 2 aliphatic rings. The van der Waals surface area contributed by atoms with Crippen molar-refractivity contribution in [3.63, 3.8) is 0 Å². The molecule has 30 heavy (non-hydrogen) atoms. The summed E-state index contributed by atoms with van der Waals surface area (Å²) in [5, 5.41) is 6.13. The van der Waals surface area contributed by atoms with Gasteiger partial charge < -0.3 is 10.6 Å². The van der Waals surface area contributed by atoms with Crippen molar-refractivity contribution >= 4 is 40.0 Å². The normalized spacial score (nSPS) is 15.0. The molecule has 0 spiro atoms. The standard InChI is InChI=1S/C22H23N3O4S/c1-23-19(27)18-15-9-4-5-10-16(15)30-20(18)24-17(26)11-6-12-25-21(28)13-7-2-3-8-14(13)22(25)29/h2-3,7-8H,4-6,9-12H2,1H3,(H,23,27)(H,24,26). The number of carbonyl (C=O) groups is 4. The molecule has 4 rings (SSSR count). The molecule has 1 aliphatic heterocycles. The van der Waals surface area contributed by atoms with Crippen LogP contribution < -0.4 is 10.6 Å². The van der Waals surface area contributed by atoms with Crippen LogP contribution in [-0.2, 0) is 17.6 Å². The second-order valence-electron chi connectivity index (χ2n) is 7.45. The molecular weight excluding hydrogens is 402 g/mol. The lowest BCUT2D eigenvalue weighted by Crippen LogP contribution is -2.31. The van der Waals surface area contributed by atoms with Crippen LogP contribution in [-0.4, -0.2) is 42.1 Å². The van der Waals surface area contributed by atoms with Crippen LogP contribution in [0.2, 0.25) is 0 Å². The Morgan fingerprint density at radius 1 is 1.07 bits per heavy atom. The van der Waals surface area contributed by atoms with Crippen molar-refractivity contribution in [2.24, 2.45) is 0 Å². The molecule has 1 aliphatic carbocycles. The Morgan fingerprint density at radius 2 is 1.73 bits per heavy atom. The minimum atomic E-state index is -0.316. The Morgan fingerprint density at radius 3 is 2.40 bits per heavy atom. The van der Waals surface area contributed by atoms with Crippen LogP contribution in [0.4, 0.5) is 5.00 Å². The first-order chi connectivity index (χ1) is 14.5. The molecule has 2 N–H and O–H groups in total. The maximum atomic E-state index is 12.5. The SMILES string of the molecule is CNC(=O)c1c(NC(=O)CCCN2C(=O)c3ccccc3C2=O)sc2c1CCCC2. The topological polar surface area (TPSA) is 95.6 Å². The fourth-order valence-corrected chi connectivity index (χ4v) is 5.35. The highest BCUT2D eigenvalue weighted by Gasteiger charge is 2.34. The minimum absolute atomic E-state index is 0.156. The van der Waals surface area contributed by atoms with E-state index in [0.717, 1.165) is 31.2 Å². The van der Waals surface area contributed by atoms with Crippen LogP contribution in [0.25, 0.3) is 0 Å². The lowest BCUT2D eigenvalue weighted by molar-refractivity contribution is -0.116. The van der Waals surface area contributed by atoms with Gasteiger partial charge in [0.15, 0.2) is 0 Å². The van der Waals surface area contributed by atoms with Crippen LogP contribution in [0.5, 0.6) is 0 Å². The van der Waals surface area contributed by atoms with Gasteiger partial charge in [0.2, 0.25) is 5.91 Å². The molecule has 2 heterocycles. The number of rotatable bonds is 6. The Bertz CT molecular complexity index is 1010. The van der Waals surface area contributed by atoms with Gasteiger partial charge in [-0.2, -0.15) is 0 Å². The number of nitrogens with zero attached hydrogens (tertiary/aromatic N) is 1. The summed E-state index contributed by atoms with van der Waals surface area (Å²) in [5.74, 6) is -1.04. The predicted molar refractivity (Wildman–Crippen MR) is 114 cm³/mol. The number of hydrogen-bond donors (Lipinski definition) is 2. The Hall–Kier alpha value is -3.00. The Balaban J connectivity index is 1.38. The number of amides is 4. The van der Waals surface area contributed by atoms with Crippen LogP contribution in [0, 0.1) is 0 Å². The summed E-state index contributed by atoms with van der Waals surface area (Å²) in [6, 6.07) is 6.74. The summed E-state index contributed by atoms with van der Waals surface area (Å²) in [4.78, 5) is 52.1. The van der Waals surface area contributed by atoms with Gasteiger partial charge in [-0.25, -0.2) is 0 Å². The molecule has 2 aromatic rings. The van der Waals surface area contributed by atoms with E-state index in [1.807, 2.05) is 0 Å². The molecule has 8 heteroatoms. The quantitative estimate of drug-likeness (QED) is 0.696. The predicted octanol–water partition coefficient (Wildman–Crippen LogP) is 3.00. The van der Waals surface area contributed by atoms with Gasteiger partial charge in [-0.1, -0.05) is 12.1 Å². The van der Waals surface area contributed by atoms with E-state index in [4.69, 9.17) is 0 Å². The maximum Gasteiger partial charge on any atom is 0.261 e. The van der Waals surface area contributed by atoms with Crippen molar-refractivity contribution in [2.45, 2.75) is 38.5 Å². The summed E-state index contributed by atoms with van der Waals surface area (Å²) in [6.45, 7) is 0.184. The average Bonchev–Trinajstić information content (AvgIpc) is 3.23. The molecule has 0 radical (unpaired) electrons. The fraction of sp³-hybridized carbons (Fsp3) is 0.364. The van der Waals surface area contributed by atoms with Crippen molar-refractivity contribution in [1.82, 2.24) is 10.2 Å². The van der Waals surface area contributed by atoms with E-state index in [-0.39, 0.29) is 36.6 Å². The van der Waals surface area contributed by atoms with Crippen molar-refractivity contribution in [2.75, 3.05) is 18.9 Å². The highest BCUT2D eigenvalue weighted by molar-refractivity contribution is 7.17. The highest BCUT2D eigenvalue weighted by atomic mass is 32.1. The summed E-state index contributed by atoms with van der Waals surface area (Å²) in [5.41, 5.74) is 2.44. The van der Waals surface area contributed by atoms with Gasteiger partial charge in [0, 0.05) is 24.9 Å². The van der Waals surface area contributed by atoms with Crippen LogP contribution in [0.1, 0.15) is 67.2 Å². The number of carbonyl (C=O) groups excluding carboxylic acids is 4. The first-order valence-electron chi connectivity index (χ1n) is 10.1. The van der Waals surface area contributed by atoms with E-state index in [0.29, 0.717) is 28.1 Å². The summed E-state index contributed by atoms with van der Waals surface area (Å²) < 4.78 is 0. The number of aryl methyl sites for hydroxylation is 1. The van der Waals surface area contributed by atoms with Crippen molar-refractivity contribution in [1.29, 1.82) is 0 Å². The second-order valence-corrected chi connectivity index (χ2v) is 8.56. The smallest absolute Gasteiger partial charge is 0.261 e. The van der Waals surface area contributed by atoms with Gasteiger partial charge in [0.05, 0.1) is 16.7 Å². The van der Waals surface area contributed by atoms with Gasteiger partial charge in [-0.3, -0.25) is 24.1 Å². The fourth-order valence-electron chi connectivity index (χ4n) is 4.05. The van der Waals surface area contributed by atoms with E-state index in [1.165, 1.54) is 21.1 Å². The molecule has 156 valence electrons. The highest BCUT2D eigenvalue weighted by Crippen LogP contribution is 2.38. The summed E-state index contributed by atoms with van der Waals surface area (Å²) in [7, 11) is 1.59. The second kappa shape index (κ2) is 8.39. The minimum Gasteiger partial charge on any atom is -0.355 e. The van der Waals surface area contributed by atoms with Crippen molar-refractivity contribution in [3.05, 3.63) is 51.4 Å². The zero-order chi connectivity index (χ0) is 21.3. The van der Waals surface area contributed by atoms with E-state index in [1.54, 1.807) is 31.3 Å². The van der Waals surface area contributed by atoms with E-state index in [9.17, 15) is 19.2 Å². The van der Waals surface area contributed by atoms with Crippen molar-refractivity contribution < 1.29 is 19.2 Å². The molecule has 1 aromatic heterocycles. The summed E-state index contributed by atoms with van der Waals surface area (Å²) in [6.07, 6.45) is 4.43. The largest absolute Gasteiger partial charge is 0.355 e. The maximum absolute atomic E-state index is 12.5. The summed E-state index contributed by atoms with van der Waals surface area (Å²) >= 11 is 1.47. The molecule has 4 amide bonds. The van der Waals surface area contributed by atoms with E-state index >= 15 is 0 Å². The van der Waals surface area contributed by atoms with Gasteiger partial charge >= 0.3 is 0 Å². The Kier molecular flexibility index (Phi) is 5.67. The average molecular weight is 426 g/mol. The molecule has 0 saturated heterocycles. The molecular formula is C22H23N3O4S. The molecule has 1 aromatic carbocycles. The molecule has 0 saturated carbocycles. The van der Waals surface area contributed by atoms with Crippen LogP contribution >= 0.6 is 11.3 Å². The lowest BCUT2D eigenvalue weighted by Gasteiger charge is -2.13. The number of benzene rings is 1. The van der Waals surface area contributed by atoms with Crippen LogP contribution in [0.3, 0.4) is 0 Å². The third-order valence-electron chi connectivity index (χ3n) is 5.54. The molecule has 0 bridgehead atoms. The third kappa shape index (κ3) is 3.63. The number of hydrogen-bond acceptors (Lipinski definition) is 5. The number of fused-ring (bicyclic) bond motifs is 2. The van der Waals surface area contributed by atoms with Gasteiger partial charge in [-0.05, 0) is 49.8 Å². The van der Waals surface area contributed by atoms with Gasteiger partial charge in [-0.15, -0.1) is 11.3 Å². The van der Waals surface area contributed by atoms with Crippen LogP contribution in [0.15, 0.2) is 24.3 Å². The zero-order valence-corrected chi connectivity index (χ0v) is 17.6. The molecule has 7 nitrogen and oxygen atoms in total. The molecule has 0 unspecified atom stereocenters. The first kappa shape index (κ1) is 20.3. The van der Waals surface area contributed by atoms with Crippen molar-refractivity contribution in [3.8, 4) is 0 Å². The number of nitrogens with one attached hydrogen (secondary N) is 2.